The van der Waals surface area contributed by atoms with Gasteiger partial charge in [-0.3, -0.25) is 4.90 Å². The summed E-state index contributed by atoms with van der Waals surface area (Å²) in [6, 6.07) is 9.19. The molecule has 2 aromatic rings. The number of hydrogen-bond acceptors (Lipinski definition) is 6. The van der Waals surface area contributed by atoms with Crippen molar-refractivity contribution >= 4 is 16.0 Å². The fourth-order valence-electron chi connectivity index (χ4n) is 3.10. The highest BCUT2D eigenvalue weighted by molar-refractivity contribution is 7.89. The number of methoxy groups -OCH3 is 1. The van der Waals surface area contributed by atoms with Crippen LogP contribution in [-0.2, 0) is 14.8 Å². The fourth-order valence-corrected chi connectivity index (χ4v) is 4.14. The maximum atomic E-state index is 12.6. The van der Waals surface area contributed by atoms with E-state index in [-0.39, 0.29) is 17.5 Å². The van der Waals surface area contributed by atoms with E-state index in [1.165, 1.54) is 31.4 Å². The van der Waals surface area contributed by atoms with E-state index in [9.17, 15) is 13.2 Å². The van der Waals surface area contributed by atoms with Gasteiger partial charge in [-0.1, -0.05) is 0 Å². The second-order valence-corrected chi connectivity index (χ2v) is 7.91. The fraction of sp³-hybridized carbons (Fsp3) is 0.389. The minimum absolute atomic E-state index is 0.102. The molecule has 1 aliphatic rings. The van der Waals surface area contributed by atoms with Crippen LogP contribution in [0.4, 0.5) is 0 Å². The quantitative estimate of drug-likeness (QED) is 0.743. The second-order valence-electron chi connectivity index (χ2n) is 6.14. The molecule has 2 heterocycles. The number of nitrogens with one attached hydrogen (secondary N) is 1. The standard InChI is InChI=1S/C18H22N2O5S/c1-24-18(21)14-6-8-15(9-7-14)26(22,23)19-13-16(17-5-4-12-25-17)20-10-2-3-11-20/h4-9,12,16,19H,2-3,10-11,13H2,1H3/t16-/m1/s1. The molecule has 1 fully saturated rings. The predicted molar refractivity (Wildman–Crippen MR) is 95.2 cm³/mol. The van der Waals surface area contributed by atoms with Gasteiger partial charge in [0, 0.05) is 6.54 Å². The Labute approximate surface area is 153 Å². The molecule has 0 radical (unpaired) electrons. The van der Waals surface area contributed by atoms with Crippen LogP contribution in [0.5, 0.6) is 0 Å². The van der Waals surface area contributed by atoms with Crippen molar-refractivity contribution < 1.29 is 22.4 Å². The minimum Gasteiger partial charge on any atom is -0.468 e. The number of esters is 1. The van der Waals surface area contributed by atoms with Gasteiger partial charge in [-0.25, -0.2) is 17.9 Å². The first-order valence-corrected chi connectivity index (χ1v) is 9.95. The zero-order valence-electron chi connectivity index (χ0n) is 14.6. The van der Waals surface area contributed by atoms with Gasteiger partial charge in [0.25, 0.3) is 0 Å². The van der Waals surface area contributed by atoms with Crippen molar-refractivity contribution in [3.8, 4) is 0 Å². The molecule has 8 heteroatoms. The first-order valence-electron chi connectivity index (χ1n) is 8.47. The molecular weight excluding hydrogens is 356 g/mol. The average Bonchev–Trinajstić information content (AvgIpc) is 3.36. The van der Waals surface area contributed by atoms with E-state index in [1.54, 1.807) is 12.3 Å². The molecule has 0 unspecified atom stereocenters. The molecule has 0 saturated carbocycles. The Morgan fingerprint density at radius 2 is 1.92 bits per heavy atom. The highest BCUT2D eigenvalue weighted by Gasteiger charge is 2.27. The van der Waals surface area contributed by atoms with Gasteiger partial charge in [0.05, 0.1) is 29.9 Å². The number of ether oxygens (including phenoxy) is 1. The molecule has 26 heavy (non-hydrogen) atoms. The zero-order valence-corrected chi connectivity index (χ0v) is 15.4. The summed E-state index contributed by atoms with van der Waals surface area (Å²) in [5.74, 6) is 0.240. The van der Waals surface area contributed by atoms with Crippen molar-refractivity contribution in [2.24, 2.45) is 0 Å². The molecule has 1 aromatic carbocycles. The van der Waals surface area contributed by atoms with Crippen LogP contribution in [0.2, 0.25) is 0 Å². The maximum Gasteiger partial charge on any atom is 0.337 e. The molecule has 1 atom stereocenters. The summed E-state index contributed by atoms with van der Waals surface area (Å²) in [6.45, 7) is 2.05. The van der Waals surface area contributed by atoms with Gasteiger partial charge in [0.2, 0.25) is 10.0 Å². The van der Waals surface area contributed by atoms with Gasteiger partial charge < -0.3 is 9.15 Å². The van der Waals surface area contributed by atoms with Gasteiger partial charge in [-0.05, 0) is 62.3 Å². The third-order valence-corrected chi connectivity index (χ3v) is 5.94. The Morgan fingerprint density at radius 3 is 2.50 bits per heavy atom. The van der Waals surface area contributed by atoms with E-state index in [2.05, 4.69) is 14.4 Å². The summed E-state index contributed by atoms with van der Waals surface area (Å²) in [5, 5.41) is 0. The molecule has 3 rings (SSSR count). The van der Waals surface area contributed by atoms with Crippen LogP contribution in [0.3, 0.4) is 0 Å². The Hall–Kier alpha value is -2.16. The lowest BCUT2D eigenvalue weighted by Crippen LogP contribution is -2.36. The Bertz CT molecular complexity index is 825. The van der Waals surface area contributed by atoms with Crippen molar-refractivity contribution in [2.45, 2.75) is 23.8 Å². The van der Waals surface area contributed by atoms with E-state index in [4.69, 9.17) is 4.42 Å². The van der Waals surface area contributed by atoms with Gasteiger partial charge >= 0.3 is 5.97 Å². The molecule has 0 aliphatic carbocycles. The van der Waals surface area contributed by atoms with Crippen molar-refractivity contribution in [3.05, 3.63) is 54.0 Å². The van der Waals surface area contributed by atoms with E-state index in [0.717, 1.165) is 31.7 Å². The highest BCUT2D eigenvalue weighted by Crippen LogP contribution is 2.25. The number of nitrogens with zero attached hydrogens (tertiary/aromatic N) is 1. The topological polar surface area (TPSA) is 88.8 Å². The molecule has 7 nitrogen and oxygen atoms in total. The van der Waals surface area contributed by atoms with E-state index >= 15 is 0 Å². The van der Waals surface area contributed by atoms with Crippen LogP contribution >= 0.6 is 0 Å². The van der Waals surface area contributed by atoms with Crippen molar-refractivity contribution in [1.29, 1.82) is 0 Å². The van der Waals surface area contributed by atoms with E-state index < -0.39 is 16.0 Å². The number of sulfonamides is 1. The Kier molecular flexibility index (Phi) is 5.75. The first kappa shape index (κ1) is 18.6. The van der Waals surface area contributed by atoms with Crippen molar-refractivity contribution in [3.63, 3.8) is 0 Å². The molecule has 140 valence electrons. The van der Waals surface area contributed by atoms with E-state index in [0.29, 0.717) is 5.56 Å². The molecule has 1 saturated heterocycles. The summed E-state index contributed by atoms with van der Waals surface area (Å²) in [5.41, 5.74) is 0.303. The molecular formula is C18H22N2O5S. The highest BCUT2D eigenvalue weighted by atomic mass is 32.2. The summed E-state index contributed by atoms with van der Waals surface area (Å²) < 4.78 is 38.0. The SMILES string of the molecule is COC(=O)c1ccc(S(=O)(=O)NC[C@H](c2ccco2)N2CCCC2)cc1. The molecule has 0 amide bonds. The number of furan rings is 1. The van der Waals surface area contributed by atoms with Gasteiger partial charge in [-0.2, -0.15) is 0 Å². The maximum absolute atomic E-state index is 12.6. The monoisotopic (exact) mass is 378 g/mol. The van der Waals surface area contributed by atoms with Crippen LogP contribution < -0.4 is 4.72 Å². The van der Waals surface area contributed by atoms with Gasteiger partial charge in [0.1, 0.15) is 5.76 Å². The lowest BCUT2D eigenvalue weighted by atomic mass is 10.2. The zero-order chi connectivity index (χ0) is 18.6. The van der Waals surface area contributed by atoms with Crippen LogP contribution in [0.1, 0.15) is 35.0 Å². The smallest absolute Gasteiger partial charge is 0.337 e. The number of carbonyl (C=O) groups is 1. The van der Waals surface area contributed by atoms with Crippen LogP contribution in [0, 0.1) is 0 Å². The number of likely N-dealkylation sites (tertiary alicyclic amines) is 1. The average molecular weight is 378 g/mol. The third kappa shape index (κ3) is 4.14. The minimum atomic E-state index is -3.70. The Balaban J connectivity index is 1.72. The summed E-state index contributed by atoms with van der Waals surface area (Å²) in [7, 11) is -2.42. The summed E-state index contributed by atoms with van der Waals surface area (Å²) in [4.78, 5) is 13.8. The lowest BCUT2D eigenvalue weighted by Gasteiger charge is -2.25. The lowest BCUT2D eigenvalue weighted by molar-refractivity contribution is 0.0600. The predicted octanol–water partition coefficient (Wildman–Crippen LogP) is 2.18. The largest absolute Gasteiger partial charge is 0.468 e. The van der Waals surface area contributed by atoms with E-state index in [1.807, 2.05) is 6.07 Å². The number of rotatable bonds is 7. The van der Waals surface area contributed by atoms with Crippen LogP contribution in [0.15, 0.2) is 52.0 Å². The molecule has 0 bridgehead atoms. The van der Waals surface area contributed by atoms with Gasteiger partial charge in [0.15, 0.2) is 0 Å². The molecule has 1 N–H and O–H groups in total. The van der Waals surface area contributed by atoms with Gasteiger partial charge in [-0.15, -0.1) is 0 Å². The molecule has 1 aliphatic heterocycles. The normalized spacial score (nSPS) is 16.5. The number of benzene rings is 1. The second kappa shape index (κ2) is 8.03. The summed E-state index contributed by atoms with van der Waals surface area (Å²) >= 11 is 0. The van der Waals surface area contributed by atoms with Crippen molar-refractivity contribution in [2.75, 3.05) is 26.7 Å². The molecule has 1 aromatic heterocycles. The molecule has 0 spiro atoms. The number of hydrogen-bond donors (Lipinski definition) is 1. The van der Waals surface area contributed by atoms with Crippen LogP contribution in [0.25, 0.3) is 0 Å². The van der Waals surface area contributed by atoms with Crippen LogP contribution in [-0.4, -0.2) is 46.0 Å². The third-order valence-electron chi connectivity index (χ3n) is 4.51. The summed E-state index contributed by atoms with van der Waals surface area (Å²) in [6.07, 6.45) is 3.79. The first-order chi connectivity index (χ1) is 12.5. The number of carbonyl (C=O) groups excluding carboxylic acids is 1. The Morgan fingerprint density at radius 1 is 1.23 bits per heavy atom. The van der Waals surface area contributed by atoms with Crippen molar-refractivity contribution in [1.82, 2.24) is 9.62 Å².